The monoisotopic (exact) mass is 180 g/mol. The van der Waals surface area contributed by atoms with E-state index in [2.05, 4.69) is 4.99 Å². The van der Waals surface area contributed by atoms with E-state index in [0.29, 0.717) is 0 Å². The molecule has 0 atom stereocenters. The van der Waals surface area contributed by atoms with Crippen molar-refractivity contribution in [2.24, 2.45) is 10.7 Å². The molecule has 0 amide bonds. The van der Waals surface area contributed by atoms with Crippen LogP contribution in [0.15, 0.2) is 16.8 Å². The number of nitrogens with zero attached hydrogens (tertiary/aromatic N) is 1. The van der Waals surface area contributed by atoms with Crippen LogP contribution >= 0.6 is 0 Å². The molecule has 0 heterocycles. The number of aliphatic imine (C=N–C) groups is 1. The quantitative estimate of drug-likeness (QED) is 0.499. The second kappa shape index (κ2) is 5.97. The van der Waals surface area contributed by atoms with E-state index in [4.69, 9.17) is 5.73 Å². The Balaban J connectivity index is 3.45. The van der Waals surface area contributed by atoms with Crippen LogP contribution in [0.25, 0.3) is 0 Å². The maximum absolute atomic E-state index is 5.20. The van der Waals surface area contributed by atoms with Gasteiger partial charge in [0, 0.05) is 0 Å². The van der Waals surface area contributed by atoms with E-state index in [9.17, 15) is 0 Å². The summed E-state index contributed by atoms with van der Waals surface area (Å²) in [5, 5.41) is 0. The van der Waals surface area contributed by atoms with Crippen molar-refractivity contribution in [2.75, 3.05) is 6.54 Å². The molecule has 0 aromatic carbocycles. The minimum atomic E-state index is 0.922. The predicted molar refractivity (Wildman–Crippen MR) is 41.9 cm³/mol. The Morgan fingerprint density at radius 3 is 2.89 bits per heavy atom. The van der Waals surface area contributed by atoms with Gasteiger partial charge in [-0.1, -0.05) is 0 Å². The van der Waals surface area contributed by atoms with E-state index < -0.39 is 0 Å². The van der Waals surface area contributed by atoms with Gasteiger partial charge in [0.15, 0.2) is 0 Å². The van der Waals surface area contributed by atoms with E-state index in [1.54, 1.807) is 31.0 Å². The van der Waals surface area contributed by atoms with Crippen LogP contribution in [0.5, 0.6) is 0 Å². The minimum absolute atomic E-state index is 0.922. The molecule has 0 aliphatic heterocycles. The van der Waals surface area contributed by atoms with Crippen LogP contribution in [0.2, 0.25) is 4.98 Å². The van der Waals surface area contributed by atoms with Crippen molar-refractivity contribution < 1.29 is 0 Å². The summed E-state index contributed by atoms with van der Waals surface area (Å²) in [5.41, 5.74) is 6.23. The van der Waals surface area contributed by atoms with E-state index in [0.717, 1.165) is 17.1 Å². The van der Waals surface area contributed by atoms with Gasteiger partial charge in [0.25, 0.3) is 0 Å². The Labute approximate surface area is 66.1 Å². The van der Waals surface area contributed by atoms with Crippen molar-refractivity contribution >= 4 is 24.8 Å². The summed E-state index contributed by atoms with van der Waals surface area (Å²) >= 11 is 1.71. The van der Waals surface area contributed by atoms with Crippen LogP contribution in [-0.4, -0.2) is 31.4 Å². The first-order valence-electron chi connectivity index (χ1n) is 2.89. The Hall–Kier alpha value is -0.154. The van der Waals surface area contributed by atoms with Gasteiger partial charge in [-0.3, -0.25) is 0 Å². The molecule has 0 bridgehead atoms. The van der Waals surface area contributed by atoms with Crippen molar-refractivity contribution in [3.05, 3.63) is 11.8 Å². The molecule has 48 valence electrons. The average Bonchev–Trinajstić information content (AvgIpc) is 1.89. The van der Waals surface area contributed by atoms with Gasteiger partial charge in [0.2, 0.25) is 0 Å². The topological polar surface area (TPSA) is 38.4 Å². The standard InChI is InChI=1S/C6H11N2.Ga/c1-3-8-5-6(2)4-7;/h4-5H,1,3,7H2,2H3;/b6-4-,8-5?;. The molecule has 2 nitrogen and oxygen atoms in total. The van der Waals surface area contributed by atoms with Gasteiger partial charge in [-0.15, -0.1) is 0 Å². The zero-order chi connectivity index (χ0) is 7.11. The van der Waals surface area contributed by atoms with E-state index in [-0.39, 0.29) is 0 Å². The Kier molecular flexibility index (Phi) is 5.87. The molecule has 0 spiro atoms. The summed E-state index contributed by atoms with van der Waals surface area (Å²) in [5.74, 6) is 0. The van der Waals surface area contributed by atoms with E-state index >= 15 is 0 Å². The molecule has 0 saturated carbocycles. The molecular formula is C6H11GaN2. The molecule has 0 aromatic rings. The third-order valence-electron chi connectivity index (χ3n) is 0.816. The molecular weight excluding hydrogens is 170 g/mol. The fraction of sp³-hybridized carbons (Fsp3) is 0.500. The first-order valence-corrected chi connectivity index (χ1v) is 4.61. The van der Waals surface area contributed by atoms with E-state index in [1.807, 2.05) is 6.92 Å². The predicted octanol–water partition coefficient (Wildman–Crippen LogP) is 0.507. The van der Waals surface area contributed by atoms with Crippen LogP contribution in [0.4, 0.5) is 0 Å². The van der Waals surface area contributed by atoms with Crippen molar-refractivity contribution in [3.63, 3.8) is 0 Å². The zero-order valence-corrected chi connectivity index (χ0v) is 8.09. The summed E-state index contributed by atoms with van der Waals surface area (Å²) in [6.45, 7) is 2.86. The summed E-state index contributed by atoms with van der Waals surface area (Å²) in [7, 11) is 0. The Morgan fingerprint density at radius 1 is 1.78 bits per heavy atom. The van der Waals surface area contributed by atoms with Crippen LogP contribution in [-0.2, 0) is 0 Å². The Bertz CT molecular complexity index is 118. The number of rotatable bonds is 3. The average molecular weight is 181 g/mol. The molecule has 2 radical (unpaired) electrons. The van der Waals surface area contributed by atoms with Gasteiger partial charge >= 0.3 is 65.8 Å². The van der Waals surface area contributed by atoms with Gasteiger partial charge in [-0.25, -0.2) is 0 Å². The third-order valence-corrected chi connectivity index (χ3v) is 1.36. The van der Waals surface area contributed by atoms with Gasteiger partial charge in [0.05, 0.1) is 0 Å². The van der Waals surface area contributed by atoms with Crippen molar-refractivity contribution in [1.29, 1.82) is 0 Å². The van der Waals surface area contributed by atoms with Gasteiger partial charge in [-0.2, -0.15) is 0 Å². The van der Waals surface area contributed by atoms with Crippen molar-refractivity contribution in [3.8, 4) is 0 Å². The SMILES string of the molecule is C/C(C=NC[CH2][Ga])=C/N. The molecule has 3 heteroatoms. The second-order valence-corrected chi connectivity index (χ2v) is 2.95. The van der Waals surface area contributed by atoms with Crippen LogP contribution < -0.4 is 5.73 Å². The maximum atomic E-state index is 5.20. The first kappa shape index (κ1) is 8.85. The fourth-order valence-electron chi connectivity index (χ4n) is 0.326. The molecule has 0 aromatic heterocycles. The van der Waals surface area contributed by atoms with Crippen LogP contribution in [0.3, 0.4) is 0 Å². The molecule has 0 unspecified atom stereocenters. The summed E-state index contributed by atoms with van der Waals surface area (Å²) < 4.78 is 0. The number of hydrogen-bond acceptors (Lipinski definition) is 2. The fourth-order valence-corrected chi connectivity index (χ4v) is 0.639. The number of hydrogen-bond donors (Lipinski definition) is 1. The summed E-state index contributed by atoms with van der Waals surface area (Å²) in [4.78, 5) is 5.26. The van der Waals surface area contributed by atoms with Gasteiger partial charge < -0.3 is 0 Å². The first-order chi connectivity index (χ1) is 4.31. The molecule has 0 aliphatic rings. The van der Waals surface area contributed by atoms with Crippen molar-refractivity contribution in [1.82, 2.24) is 0 Å². The number of allylic oxidation sites excluding steroid dienone is 1. The summed E-state index contributed by atoms with van der Waals surface area (Å²) in [6, 6.07) is 0. The van der Waals surface area contributed by atoms with Gasteiger partial charge in [-0.05, 0) is 0 Å². The third kappa shape index (κ3) is 5.72. The normalized spacial score (nSPS) is 12.8. The van der Waals surface area contributed by atoms with Crippen molar-refractivity contribution in [2.45, 2.75) is 11.9 Å². The molecule has 0 fully saturated rings. The van der Waals surface area contributed by atoms with Gasteiger partial charge in [0.1, 0.15) is 0 Å². The molecule has 0 saturated heterocycles. The Morgan fingerprint density at radius 2 is 2.44 bits per heavy atom. The molecule has 0 rings (SSSR count). The zero-order valence-electron chi connectivity index (χ0n) is 5.67. The number of nitrogens with two attached hydrogens (primary N) is 1. The molecule has 0 aliphatic carbocycles. The van der Waals surface area contributed by atoms with Crippen LogP contribution in [0, 0.1) is 0 Å². The summed E-state index contributed by atoms with van der Waals surface area (Å²) in [6.07, 6.45) is 3.36. The van der Waals surface area contributed by atoms with Crippen LogP contribution in [0.1, 0.15) is 6.92 Å². The molecule has 2 N–H and O–H groups in total. The molecule has 9 heavy (non-hydrogen) atoms. The second-order valence-electron chi connectivity index (χ2n) is 1.73. The van der Waals surface area contributed by atoms with E-state index in [1.165, 1.54) is 0 Å².